The molecule has 1 N–H and O–H groups in total. The van der Waals surface area contributed by atoms with Crippen molar-refractivity contribution in [1.82, 2.24) is 9.97 Å². The molecule has 2 aromatic rings. The lowest BCUT2D eigenvalue weighted by molar-refractivity contribution is 0.111. The summed E-state index contributed by atoms with van der Waals surface area (Å²) in [6, 6.07) is 3.17. The molecular weight excluding hydrogens is 350 g/mol. The van der Waals surface area contributed by atoms with E-state index in [2.05, 4.69) is 25.9 Å². The Balaban J connectivity index is 2.67. The molecule has 17 heavy (non-hydrogen) atoms. The fourth-order valence-corrected chi connectivity index (χ4v) is 2.53. The van der Waals surface area contributed by atoms with Gasteiger partial charge in [-0.2, -0.15) is 0 Å². The molecule has 0 unspecified atom stereocenters. The number of benzene rings is 1. The molecule has 0 aliphatic carbocycles. The maximum atomic E-state index is 10.6. The van der Waals surface area contributed by atoms with Crippen molar-refractivity contribution in [2.75, 3.05) is 0 Å². The molecule has 0 spiro atoms. The van der Waals surface area contributed by atoms with E-state index >= 15 is 0 Å². The van der Waals surface area contributed by atoms with Crippen LogP contribution < -0.4 is 0 Å². The highest BCUT2D eigenvalue weighted by Crippen LogP contribution is 2.38. The van der Waals surface area contributed by atoms with Crippen LogP contribution >= 0.6 is 50.7 Å². The number of carbonyl (C=O) groups is 1. The minimum absolute atomic E-state index is 0.194. The fraction of sp³-hybridized carbons (Fsp3) is 0. The molecule has 0 saturated carbocycles. The number of carbonyl (C=O) groups excluding carboxylic acids is 1. The van der Waals surface area contributed by atoms with Gasteiger partial charge in [0.15, 0.2) is 12.1 Å². The molecular formula is C10H4BrCl3N2O. The zero-order valence-corrected chi connectivity index (χ0v) is 12.0. The van der Waals surface area contributed by atoms with Gasteiger partial charge in [-0.1, -0.05) is 34.8 Å². The quantitative estimate of drug-likeness (QED) is 0.632. The lowest BCUT2D eigenvalue weighted by Crippen LogP contribution is -1.84. The second-order valence-corrected chi connectivity index (χ2v) is 5.17. The van der Waals surface area contributed by atoms with Crippen LogP contribution in [0.3, 0.4) is 0 Å². The molecule has 7 heteroatoms. The lowest BCUT2D eigenvalue weighted by atomic mass is 10.2. The van der Waals surface area contributed by atoms with Crippen molar-refractivity contribution in [2.45, 2.75) is 0 Å². The van der Waals surface area contributed by atoms with E-state index in [-0.39, 0.29) is 5.82 Å². The summed E-state index contributed by atoms with van der Waals surface area (Å²) in [5, 5.41) is 1.11. The lowest BCUT2D eigenvalue weighted by Gasteiger charge is -2.04. The first-order valence-electron chi connectivity index (χ1n) is 4.38. The Kier molecular flexibility index (Phi) is 3.78. The standard InChI is InChI=1S/C10H4BrCl3N2O/c11-10-9(15-7(3-17)16-10)5-1-4(12)2-6(13)8(5)14/h1-3H,(H,15,16). The summed E-state index contributed by atoms with van der Waals surface area (Å²) in [4.78, 5) is 17.4. The molecule has 1 heterocycles. The second kappa shape index (κ2) is 4.98. The van der Waals surface area contributed by atoms with Gasteiger partial charge in [0.2, 0.25) is 0 Å². The van der Waals surface area contributed by atoms with Crippen molar-refractivity contribution in [2.24, 2.45) is 0 Å². The van der Waals surface area contributed by atoms with Crippen LogP contribution in [0, 0.1) is 0 Å². The summed E-state index contributed by atoms with van der Waals surface area (Å²) < 4.78 is 0.542. The van der Waals surface area contributed by atoms with Gasteiger partial charge in [0.05, 0.1) is 10.0 Å². The number of aldehydes is 1. The van der Waals surface area contributed by atoms with Crippen molar-refractivity contribution >= 4 is 57.0 Å². The summed E-state index contributed by atoms with van der Waals surface area (Å²) in [5.41, 5.74) is 1.04. The van der Waals surface area contributed by atoms with E-state index in [0.29, 0.717) is 37.2 Å². The molecule has 0 atom stereocenters. The van der Waals surface area contributed by atoms with Gasteiger partial charge in [-0.3, -0.25) is 4.79 Å². The van der Waals surface area contributed by atoms with Gasteiger partial charge in [-0.05, 0) is 28.1 Å². The number of hydrogen-bond donors (Lipinski definition) is 1. The highest BCUT2D eigenvalue weighted by molar-refractivity contribution is 9.10. The molecule has 1 aromatic carbocycles. The maximum Gasteiger partial charge on any atom is 0.185 e. The Hall–Kier alpha value is -0.550. The maximum absolute atomic E-state index is 10.6. The minimum Gasteiger partial charge on any atom is -0.330 e. The Morgan fingerprint density at radius 3 is 2.59 bits per heavy atom. The van der Waals surface area contributed by atoms with Gasteiger partial charge in [0.25, 0.3) is 0 Å². The molecule has 1 aromatic heterocycles. The predicted octanol–water partition coefficient (Wildman–Crippen LogP) is 4.61. The highest BCUT2D eigenvalue weighted by atomic mass is 79.9. The van der Waals surface area contributed by atoms with Gasteiger partial charge in [0, 0.05) is 10.6 Å². The molecule has 2 rings (SSSR count). The first kappa shape index (κ1) is 12.9. The van der Waals surface area contributed by atoms with Crippen molar-refractivity contribution in [3.05, 3.63) is 37.6 Å². The van der Waals surface area contributed by atoms with Crippen LogP contribution in [0.2, 0.25) is 15.1 Å². The van der Waals surface area contributed by atoms with E-state index in [0.717, 1.165) is 0 Å². The molecule has 0 fully saturated rings. The molecule has 88 valence electrons. The van der Waals surface area contributed by atoms with E-state index in [1.807, 2.05) is 0 Å². The zero-order chi connectivity index (χ0) is 12.6. The third kappa shape index (κ3) is 2.50. The van der Waals surface area contributed by atoms with Crippen molar-refractivity contribution < 1.29 is 4.79 Å². The monoisotopic (exact) mass is 352 g/mol. The number of aromatic nitrogens is 2. The number of H-pyrrole nitrogens is 1. The molecule has 0 saturated heterocycles. The van der Waals surface area contributed by atoms with E-state index in [1.165, 1.54) is 6.07 Å². The largest absolute Gasteiger partial charge is 0.330 e. The number of aromatic amines is 1. The Bertz CT molecular complexity index is 597. The van der Waals surface area contributed by atoms with Gasteiger partial charge in [-0.25, -0.2) is 4.98 Å². The van der Waals surface area contributed by atoms with Crippen LogP contribution in [0.1, 0.15) is 10.6 Å². The topological polar surface area (TPSA) is 45.8 Å². The van der Waals surface area contributed by atoms with Gasteiger partial charge >= 0.3 is 0 Å². The number of nitrogens with one attached hydrogen (secondary N) is 1. The van der Waals surface area contributed by atoms with Gasteiger partial charge < -0.3 is 4.98 Å². The van der Waals surface area contributed by atoms with Crippen molar-refractivity contribution in [1.29, 1.82) is 0 Å². The molecule has 0 aliphatic rings. The minimum atomic E-state index is 0.194. The van der Waals surface area contributed by atoms with Gasteiger partial charge in [-0.15, -0.1) is 0 Å². The highest BCUT2D eigenvalue weighted by Gasteiger charge is 2.15. The van der Waals surface area contributed by atoms with Crippen LogP contribution in [0.25, 0.3) is 11.3 Å². The molecule has 0 radical (unpaired) electrons. The normalized spacial score (nSPS) is 10.6. The van der Waals surface area contributed by atoms with Crippen LogP contribution in [0.4, 0.5) is 0 Å². The zero-order valence-electron chi connectivity index (χ0n) is 8.10. The molecule has 3 nitrogen and oxygen atoms in total. The first-order chi connectivity index (χ1) is 8.02. The summed E-state index contributed by atoms with van der Waals surface area (Å²) >= 11 is 21.1. The average molecular weight is 354 g/mol. The van der Waals surface area contributed by atoms with E-state index < -0.39 is 0 Å². The third-order valence-corrected chi connectivity index (χ3v) is 3.63. The summed E-state index contributed by atoms with van der Waals surface area (Å²) in [6.45, 7) is 0. The number of imidazole rings is 1. The van der Waals surface area contributed by atoms with Crippen LogP contribution in [-0.4, -0.2) is 16.3 Å². The SMILES string of the molecule is O=Cc1nc(-c2cc(Cl)cc(Cl)c2Cl)c(Br)[nH]1. The molecule has 0 aliphatic heterocycles. The third-order valence-electron chi connectivity index (χ3n) is 2.04. The van der Waals surface area contributed by atoms with Crippen LogP contribution in [0.15, 0.2) is 16.7 Å². The van der Waals surface area contributed by atoms with Crippen molar-refractivity contribution in [3.63, 3.8) is 0 Å². The Morgan fingerprint density at radius 2 is 2.00 bits per heavy atom. The Morgan fingerprint density at radius 1 is 1.29 bits per heavy atom. The number of nitrogens with zero attached hydrogens (tertiary/aromatic N) is 1. The summed E-state index contributed by atoms with van der Waals surface area (Å²) in [5.74, 6) is 0.194. The Labute approximate surface area is 120 Å². The van der Waals surface area contributed by atoms with Crippen molar-refractivity contribution in [3.8, 4) is 11.3 Å². The van der Waals surface area contributed by atoms with Crippen LogP contribution in [0.5, 0.6) is 0 Å². The van der Waals surface area contributed by atoms with Gasteiger partial charge in [0.1, 0.15) is 10.3 Å². The summed E-state index contributed by atoms with van der Waals surface area (Å²) in [7, 11) is 0. The predicted molar refractivity (Wildman–Crippen MR) is 72.1 cm³/mol. The number of halogens is 4. The molecule has 0 bridgehead atoms. The first-order valence-corrected chi connectivity index (χ1v) is 6.31. The second-order valence-electron chi connectivity index (χ2n) is 3.15. The number of hydrogen-bond acceptors (Lipinski definition) is 2. The van der Waals surface area contributed by atoms with E-state index in [1.54, 1.807) is 6.07 Å². The molecule has 0 amide bonds. The fourth-order valence-electron chi connectivity index (χ4n) is 1.33. The average Bonchev–Trinajstić information content (AvgIpc) is 2.65. The number of rotatable bonds is 2. The van der Waals surface area contributed by atoms with E-state index in [9.17, 15) is 4.79 Å². The summed E-state index contributed by atoms with van der Waals surface area (Å²) in [6.07, 6.45) is 0.605. The van der Waals surface area contributed by atoms with E-state index in [4.69, 9.17) is 34.8 Å². The van der Waals surface area contributed by atoms with Crippen LogP contribution in [-0.2, 0) is 0 Å². The smallest absolute Gasteiger partial charge is 0.185 e.